The molecule has 0 aliphatic rings. The molecule has 2 aromatic carbocycles. The van der Waals surface area contributed by atoms with Crippen LogP contribution < -0.4 is 10.1 Å². The Morgan fingerprint density at radius 2 is 1.93 bits per heavy atom. The highest BCUT2D eigenvalue weighted by molar-refractivity contribution is 9.10. The lowest BCUT2D eigenvalue weighted by Crippen LogP contribution is -2.25. The molecule has 0 radical (unpaired) electrons. The van der Waals surface area contributed by atoms with E-state index in [1.165, 1.54) is 19.1 Å². The van der Waals surface area contributed by atoms with Crippen LogP contribution in [0.25, 0.3) is 0 Å². The standard InChI is InChI=1S/C21H22BrN3O3/c1-14(26)11-17(13-28-18-9-10-19(22)20(27)12-18)24-15(2)25-21(23-3)16-7-5-4-6-8-16/h4-12,27H,13H2,1-3H3,(H,23,24,25)/b17-11-. The van der Waals surface area contributed by atoms with Gasteiger partial charge >= 0.3 is 0 Å². The van der Waals surface area contributed by atoms with Crippen molar-refractivity contribution in [2.45, 2.75) is 13.8 Å². The quantitative estimate of drug-likeness (QED) is 0.400. The lowest BCUT2D eigenvalue weighted by Gasteiger charge is -2.13. The summed E-state index contributed by atoms with van der Waals surface area (Å²) >= 11 is 3.22. The summed E-state index contributed by atoms with van der Waals surface area (Å²) in [7, 11) is 1.68. The molecule has 0 saturated carbocycles. The molecule has 0 heterocycles. The largest absolute Gasteiger partial charge is 0.507 e. The number of carbonyl (C=O) groups excluding carboxylic acids is 1. The predicted octanol–water partition coefficient (Wildman–Crippen LogP) is 4.09. The molecule has 0 fully saturated rings. The maximum Gasteiger partial charge on any atom is 0.156 e. The highest BCUT2D eigenvalue weighted by Crippen LogP contribution is 2.28. The Hall–Kier alpha value is -2.93. The van der Waals surface area contributed by atoms with Crippen molar-refractivity contribution in [3.05, 3.63) is 70.3 Å². The molecule has 2 N–H and O–H groups in total. The number of benzene rings is 2. The first-order valence-electron chi connectivity index (χ1n) is 8.56. The van der Waals surface area contributed by atoms with E-state index in [0.717, 1.165) is 5.56 Å². The van der Waals surface area contributed by atoms with Gasteiger partial charge < -0.3 is 15.2 Å². The van der Waals surface area contributed by atoms with Crippen LogP contribution in [-0.2, 0) is 4.79 Å². The van der Waals surface area contributed by atoms with Crippen molar-refractivity contribution in [2.75, 3.05) is 13.7 Å². The molecular formula is C21H22BrN3O3. The van der Waals surface area contributed by atoms with Gasteiger partial charge in [-0.2, -0.15) is 0 Å². The number of nitrogens with zero attached hydrogens (tertiary/aromatic N) is 2. The van der Waals surface area contributed by atoms with Gasteiger partial charge in [-0.3, -0.25) is 9.79 Å². The average Bonchev–Trinajstić information content (AvgIpc) is 2.67. The van der Waals surface area contributed by atoms with Crippen molar-refractivity contribution in [3.8, 4) is 11.5 Å². The number of amidine groups is 2. The lowest BCUT2D eigenvalue weighted by atomic mass is 10.2. The molecule has 0 saturated heterocycles. The normalized spacial score (nSPS) is 12.6. The summed E-state index contributed by atoms with van der Waals surface area (Å²) in [6, 6.07) is 14.5. The third-order valence-electron chi connectivity index (χ3n) is 3.55. The van der Waals surface area contributed by atoms with Crippen molar-refractivity contribution in [3.63, 3.8) is 0 Å². The average molecular weight is 444 g/mol. The van der Waals surface area contributed by atoms with E-state index in [9.17, 15) is 9.90 Å². The van der Waals surface area contributed by atoms with Crippen LogP contribution in [0.3, 0.4) is 0 Å². The molecule has 0 atom stereocenters. The molecule has 146 valence electrons. The number of phenolic OH excluding ortho intramolecular Hbond substituents is 1. The molecule has 2 rings (SSSR count). The van der Waals surface area contributed by atoms with Gasteiger partial charge in [0.2, 0.25) is 0 Å². The van der Waals surface area contributed by atoms with Crippen molar-refractivity contribution in [2.24, 2.45) is 9.98 Å². The second-order valence-corrected chi connectivity index (χ2v) is 6.77. The van der Waals surface area contributed by atoms with E-state index in [2.05, 4.69) is 31.2 Å². The number of carbonyl (C=O) groups is 1. The number of phenols is 1. The Bertz CT molecular complexity index is 922. The fourth-order valence-corrected chi connectivity index (χ4v) is 2.60. The van der Waals surface area contributed by atoms with Crippen LogP contribution in [0.15, 0.2) is 74.8 Å². The van der Waals surface area contributed by atoms with Gasteiger partial charge in [0.15, 0.2) is 11.6 Å². The molecule has 28 heavy (non-hydrogen) atoms. The summed E-state index contributed by atoms with van der Waals surface area (Å²) in [4.78, 5) is 20.3. The Morgan fingerprint density at radius 3 is 2.54 bits per heavy atom. The van der Waals surface area contributed by atoms with Crippen LogP contribution >= 0.6 is 15.9 Å². The van der Waals surface area contributed by atoms with Crippen molar-refractivity contribution in [1.82, 2.24) is 5.32 Å². The minimum absolute atomic E-state index is 0.0759. The van der Waals surface area contributed by atoms with E-state index in [1.54, 1.807) is 26.1 Å². The van der Waals surface area contributed by atoms with Gasteiger partial charge in [-0.25, -0.2) is 4.99 Å². The van der Waals surface area contributed by atoms with Crippen LogP contribution in [0, 0.1) is 0 Å². The van der Waals surface area contributed by atoms with Gasteiger partial charge in [-0.05, 0) is 41.9 Å². The lowest BCUT2D eigenvalue weighted by molar-refractivity contribution is -0.112. The first kappa shape index (κ1) is 21.4. The number of aromatic hydroxyl groups is 1. The van der Waals surface area contributed by atoms with Crippen molar-refractivity contribution < 1.29 is 14.6 Å². The first-order valence-corrected chi connectivity index (χ1v) is 9.35. The molecule has 6 nitrogen and oxygen atoms in total. The van der Waals surface area contributed by atoms with E-state index in [4.69, 9.17) is 4.74 Å². The van der Waals surface area contributed by atoms with Gasteiger partial charge in [-0.15, -0.1) is 0 Å². The number of hydrogen-bond donors (Lipinski definition) is 2. The molecule has 7 heteroatoms. The Labute approximate surface area is 172 Å². The number of ketones is 1. The second kappa shape index (κ2) is 10.4. The summed E-state index contributed by atoms with van der Waals surface area (Å²) in [6.07, 6.45) is 1.45. The van der Waals surface area contributed by atoms with Crippen LogP contribution in [0.5, 0.6) is 11.5 Å². The van der Waals surface area contributed by atoms with Gasteiger partial charge in [0.1, 0.15) is 23.9 Å². The molecule has 0 aliphatic heterocycles. The summed E-state index contributed by atoms with van der Waals surface area (Å²) < 4.78 is 6.25. The van der Waals surface area contributed by atoms with Gasteiger partial charge in [0.05, 0.1) is 10.2 Å². The smallest absolute Gasteiger partial charge is 0.156 e. The number of hydrogen-bond acceptors (Lipinski definition) is 4. The van der Waals surface area contributed by atoms with Crippen LogP contribution in [0.1, 0.15) is 19.4 Å². The Morgan fingerprint density at radius 1 is 1.21 bits per heavy atom. The SMILES string of the molecule is CN=C(N=C(C)N/C(=C\C(C)=O)COc1ccc(Br)c(O)c1)c1ccccc1. The van der Waals surface area contributed by atoms with E-state index in [1.807, 2.05) is 30.3 Å². The summed E-state index contributed by atoms with van der Waals surface area (Å²) in [5.74, 6) is 1.58. The second-order valence-electron chi connectivity index (χ2n) is 5.92. The third kappa shape index (κ3) is 6.66. The fourth-order valence-electron chi connectivity index (χ4n) is 2.35. The van der Waals surface area contributed by atoms with Crippen molar-refractivity contribution >= 4 is 33.4 Å². The zero-order valence-corrected chi connectivity index (χ0v) is 17.5. The zero-order chi connectivity index (χ0) is 20.5. The highest BCUT2D eigenvalue weighted by atomic mass is 79.9. The summed E-state index contributed by atoms with van der Waals surface area (Å²) in [5, 5.41) is 12.8. The van der Waals surface area contributed by atoms with E-state index >= 15 is 0 Å². The number of rotatable bonds is 6. The minimum Gasteiger partial charge on any atom is -0.507 e. The number of halogens is 1. The molecule has 0 bridgehead atoms. The molecule has 0 aromatic heterocycles. The third-order valence-corrected chi connectivity index (χ3v) is 4.22. The minimum atomic E-state index is -0.120. The first-order chi connectivity index (χ1) is 13.4. The summed E-state index contributed by atoms with van der Waals surface area (Å²) in [6.45, 7) is 3.35. The molecular weight excluding hydrogens is 422 g/mol. The van der Waals surface area contributed by atoms with E-state index in [0.29, 0.717) is 27.6 Å². The maximum atomic E-state index is 11.6. The van der Waals surface area contributed by atoms with Crippen LogP contribution in [0.4, 0.5) is 0 Å². The predicted molar refractivity (Wildman–Crippen MR) is 115 cm³/mol. The molecule has 0 aliphatic carbocycles. The summed E-state index contributed by atoms with van der Waals surface area (Å²) in [5.41, 5.74) is 1.43. The number of nitrogens with one attached hydrogen (secondary N) is 1. The zero-order valence-electron chi connectivity index (χ0n) is 15.9. The van der Waals surface area contributed by atoms with E-state index < -0.39 is 0 Å². The van der Waals surface area contributed by atoms with Gasteiger partial charge in [0.25, 0.3) is 0 Å². The number of ether oxygens (including phenoxy) is 1. The maximum absolute atomic E-state index is 11.6. The Kier molecular flexibility index (Phi) is 7.95. The molecule has 0 unspecified atom stereocenters. The molecule has 2 aromatic rings. The van der Waals surface area contributed by atoms with Crippen molar-refractivity contribution in [1.29, 1.82) is 0 Å². The van der Waals surface area contributed by atoms with Crippen LogP contribution in [0.2, 0.25) is 0 Å². The molecule has 0 amide bonds. The number of aliphatic imine (C=N–C) groups is 2. The van der Waals surface area contributed by atoms with E-state index in [-0.39, 0.29) is 18.1 Å². The van der Waals surface area contributed by atoms with Gasteiger partial charge in [-0.1, -0.05) is 30.3 Å². The molecule has 0 spiro atoms. The topological polar surface area (TPSA) is 83.3 Å². The number of allylic oxidation sites excluding steroid dienone is 1. The van der Waals surface area contributed by atoms with Gasteiger partial charge in [0, 0.05) is 24.8 Å². The fraction of sp³-hybridized carbons (Fsp3) is 0.190. The monoisotopic (exact) mass is 443 g/mol. The van der Waals surface area contributed by atoms with Crippen LogP contribution in [-0.4, -0.2) is 36.2 Å². The highest BCUT2D eigenvalue weighted by Gasteiger charge is 2.07. The Balaban J connectivity index is 2.12.